The Kier molecular flexibility index (Phi) is 4.89. The fourth-order valence-corrected chi connectivity index (χ4v) is 3.93. The minimum atomic E-state index is -0.568. The van der Waals surface area contributed by atoms with Gasteiger partial charge in [0, 0.05) is 19.3 Å². The average molecular weight is 419 g/mol. The Hall–Kier alpha value is -2.38. The van der Waals surface area contributed by atoms with Crippen LogP contribution in [0.3, 0.4) is 0 Å². The van der Waals surface area contributed by atoms with Gasteiger partial charge in [0.05, 0.1) is 29.5 Å². The summed E-state index contributed by atoms with van der Waals surface area (Å²) >= 11 is 12.1. The van der Waals surface area contributed by atoms with E-state index in [2.05, 4.69) is 20.3 Å². The van der Waals surface area contributed by atoms with Crippen molar-refractivity contribution in [2.75, 3.05) is 18.0 Å². The maximum atomic E-state index is 13.0. The van der Waals surface area contributed by atoms with Crippen LogP contribution in [0.2, 0.25) is 10.3 Å². The molecule has 0 radical (unpaired) electrons. The van der Waals surface area contributed by atoms with Crippen LogP contribution < -0.4 is 10.2 Å². The lowest BCUT2D eigenvalue weighted by molar-refractivity contribution is -0.126. The molecule has 1 fully saturated rings. The Bertz CT molecular complexity index is 1030. The number of carbonyl (C=O) groups excluding carboxylic acids is 1. The summed E-state index contributed by atoms with van der Waals surface area (Å²) in [7, 11) is 0. The normalized spacial score (nSPS) is 17.3. The van der Waals surface area contributed by atoms with Crippen LogP contribution in [0.15, 0.2) is 36.8 Å². The monoisotopic (exact) mass is 418 g/mol. The van der Waals surface area contributed by atoms with Crippen molar-refractivity contribution in [3.05, 3.63) is 52.8 Å². The second kappa shape index (κ2) is 7.22. The van der Waals surface area contributed by atoms with Gasteiger partial charge in [0.25, 0.3) is 0 Å². The lowest BCUT2D eigenvalue weighted by atomic mass is 9.98. The Morgan fingerprint density at radius 3 is 2.89 bits per heavy atom. The predicted octanol–water partition coefficient (Wildman–Crippen LogP) is 3.31. The van der Waals surface area contributed by atoms with Crippen LogP contribution in [-0.2, 0) is 10.3 Å². The van der Waals surface area contributed by atoms with Gasteiger partial charge in [-0.05, 0) is 44.0 Å². The molecule has 4 rings (SSSR count). The van der Waals surface area contributed by atoms with Crippen LogP contribution in [0.25, 0.3) is 5.65 Å². The molecule has 1 atom stereocenters. The first-order valence-electron chi connectivity index (χ1n) is 9.03. The van der Waals surface area contributed by atoms with E-state index in [1.165, 1.54) is 6.20 Å². The largest absolute Gasteiger partial charge is 0.354 e. The Balaban J connectivity index is 1.49. The van der Waals surface area contributed by atoms with Gasteiger partial charge in [-0.15, -0.1) is 0 Å². The Labute approximate surface area is 172 Å². The first-order valence-corrected chi connectivity index (χ1v) is 9.78. The van der Waals surface area contributed by atoms with Crippen LogP contribution >= 0.6 is 23.2 Å². The SMILES string of the molecule is CC(C)(NC(=O)[C@@H]1CCN(c2nc(Cl)ncc2Cl)C1)c1cnc2ccccn12. The van der Waals surface area contributed by atoms with Gasteiger partial charge in [0.15, 0.2) is 5.82 Å². The minimum absolute atomic E-state index is 0.00495. The molecule has 1 aliphatic heterocycles. The molecule has 3 aromatic rings. The number of fused-ring (bicyclic) bond motifs is 1. The lowest BCUT2D eigenvalue weighted by Gasteiger charge is -2.27. The minimum Gasteiger partial charge on any atom is -0.354 e. The molecule has 0 unspecified atom stereocenters. The van der Waals surface area contributed by atoms with Crippen LogP contribution in [0, 0.1) is 5.92 Å². The maximum Gasteiger partial charge on any atom is 0.225 e. The number of anilines is 1. The second-order valence-electron chi connectivity index (χ2n) is 7.43. The Morgan fingerprint density at radius 1 is 1.25 bits per heavy atom. The average Bonchev–Trinajstić information content (AvgIpc) is 3.30. The number of aromatic nitrogens is 4. The summed E-state index contributed by atoms with van der Waals surface area (Å²) in [6.45, 7) is 5.17. The van der Waals surface area contributed by atoms with E-state index in [4.69, 9.17) is 23.2 Å². The number of nitrogens with zero attached hydrogens (tertiary/aromatic N) is 5. The first kappa shape index (κ1) is 19.0. The number of carbonyl (C=O) groups is 1. The summed E-state index contributed by atoms with van der Waals surface area (Å²) in [5, 5.41) is 3.74. The highest BCUT2D eigenvalue weighted by atomic mass is 35.5. The molecule has 1 N–H and O–H groups in total. The molecule has 1 saturated heterocycles. The summed E-state index contributed by atoms with van der Waals surface area (Å²) in [6, 6.07) is 5.82. The molecule has 0 aromatic carbocycles. The zero-order valence-electron chi connectivity index (χ0n) is 15.6. The first-order chi connectivity index (χ1) is 13.3. The second-order valence-corrected chi connectivity index (χ2v) is 8.17. The molecule has 7 nitrogen and oxygen atoms in total. The molecule has 0 saturated carbocycles. The molecule has 146 valence electrons. The lowest BCUT2D eigenvalue weighted by Crippen LogP contribution is -2.45. The van der Waals surface area contributed by atoms with Crippen LogP contribution in [0.5, 0.6) is 0 Å². The van der Waals surface area contributed by atoms with Crippen molar-refractivity contribution >= 4 is 40.6 Å². The summed E-state index contributed by atoms with van der Waals surface area (Å²) in [4.78, 5) is 27.4. The van der Waals surface area contributed by atoms with E-state index in [-0.39, 0.29) is 17.1 Å². The maximum absolute atomic E-state index is 13.0. The van der Waals surface area contributed by atoms with E-state index in [9.17, 15) is 4.79 Å². The quantitative estimate of drug-likeness (QED) is 0.657. The highest BCUT2D eigenvalue weighted by Crippen LogP contribution is 2.30. The Morgan fingerprint density at radius 2 is 2.07 bits per heavy atom. The molecule has 9 heteroatoms. The third kappa shape index (κ3) is 3.52. The van der Waals surface area contributed by atoms with Crippen molar-refractivity contribution in [1.29, 1.82) is 0 Å². The summed E-state index contributed by atoms with van der Waals surface area (Å²) in [5.41, 5.74) is 1.21. The molecule has 3 aromatic heterocycles. The molecule has 0 aliphatic carbocycles. The number of rotatable bonds is 4. The molecular weight excluding hydrogens is 399 g/mol. The number of hydrogen-bond donors (Lipinski definition) is 1. The van der Waals surface area contributed by atoms with Gasteiger partial charge >= 0.3 is 0 Å². The van der Waals surface area contributed by atoms with Crippen molar-refractivity contribution in [3.63, 3.8) is 0 Å². The van der Waals surface area contributed by atoms with Gasteiger partial charge in [-0.25, -0.2) is 9.97 Å². The standard InChI is InChI=1S/C19H20Cl2N6O/c1-19(2,14-10-22-15-5-3-4-7-27(14)15)25-17(28)12-6-8-26(11-12)16-13(20)9-23-18(21)24-16/h3-5,7,9-10,12H,6,8,11H2,1-2H3,(H,25,28)/t12-/m1/s1. The van der Waals surface area contributed by atoms with Gasteiger partial charge < -0.3 is 14.6 Å². The zero-order valence-corrected chi connectivity index (χ0v) is 17.1. The van der Waals surface area contributed by atoms with Gasteiger partial charge in [-0.2, -0.15) is 4.98 Å². The van der Waals surface area contributed by atoms with Crippen molar-refractivity contribution in [2.45, 2.75) is 25.8 Å². The van der Waals surface area contributed by atoms with Crippen molar-refractivity contribution in [3.8, 4) is 0 Å². The van der Waals surface area contributed by atoms with Gasteiger partial charge in [-0.1, -0.05) is 17.7 Å². The molecule has 0 bridgehead atoms. The zero-order chi connectivity index (χ0) is 19.9. The van der Waals surface area contributed by atoms with Gasteiger partial charge in [-0.3, -0.25) is 4.79 Å². The summed E-state index contributed by atoms with van der Waals surface area (Å²) in [5.74, 6) is 0.399. The molecule has 0 spiro atoms. The van der Waals surface area contributed by atoms with Crippen molar-refractivity contribution in [1.82, 2.24) is 24.7 Å². The van der Waals surface area contributed by atoms with Crippen LogP contribution in [0.1, 0.15) is 26.0 Å². The summed E-state index contributed by atoms with van der Waals surface area (Å²) < 4.78 is 1.99. The topological polar surface area (TPSA) is 75.4 Å². The van der Waals surface area contributed by atoms with E-state index in [0.29, 0.717) is 30.4 Å². The number of amides is 1. The molecule has 28 heavy (non-hydrogen) atoms. The third-order valence-electron chi connectivity index (χ3n) is 5.05. The fraction of sp³-hybridized carbons (Fsp3) is 0.368. The molecule has 1 amide bonds. The molecule has 4 heterocycles. The fourth-order valence-electron chi connectivity index (χ4n) is 3.59. The van der Waals surface area contributed by atoms with Crippen LogP contribution in [-0.4, -0.2) is 38.3 Å². The van der Waals surface area contributed by atoms with Gasteiger partial charge in [0.1, 0.15) is 10.7 Å². The predicted molar refractivity (Wildman–Crippen MR) is 109 cm³/mol. The molecule has 1 aliphatic rings. The number of halogens is 2. The number of hydrogen-bond acceptors (Lipinski definition) is 5. The van der Waals surface area contributed by atoms with E-state index in [1.807, 2.05) is 47.5 Å². The van der Waals surface area contributed by atoms with Crippen molar-refractivity contribution < 1.29 is 4.79 Å². The number of pyridine rings is 1. The van der Waals surface area contributed by atoms with Crippen molar-refractivity contribution in [2.24, 2.45) is 5.92 Å². The van der Waals surface area contributed by atoms with Crippen LogP contribution in [0.4, 0.5) is 5.82 Å². The van der Waals surface area contributed by atoms with E-state index >= 15 is 0 Å². The van der Waals surface area contributed by atoms with E-state index in [0.717, 1.165) is 11.3 Å². The highest BCUT2D eigenvalue weighted by Gasteiger charge is 2.34. The smallest absolute Gasteiger partial charge is 0.225 e. The summed E-state index contributed by atoms with van der Waals surface area (Å²) in [6.07, 6.45) is 5.95. The molecular formula is C19H20Cl2N6O. The number of imidazole rings is 1. The van der Waals surface area contributed by atoms with E-state index in [1.54, 1.807) is 6.20 Å². The number of nitrogens with one attached hydrogen (secondary N) is 1. The van der Waals surface area contributed by atoms with Gasteiger partial charge in [0.2, 0.25) is 11.2 Å². The third-order valence-corrected chi connectivity index (χ3v) is 5.50. The van der Waals surface area contributed by atoms with E-state index < -0.39 is 5.54 Å². The highest BCUT2D eigenvalue weighted by molar-refractivity contribution is 6.33.